The molecule has 0 spiro atoms. The van der Waals surface area contributed by atoms with Crippen LogP contribution in [0.4, 0.5) is 11.4 Å². The molecular weight excluding hydrogens is 380 g/mol. The van der Waals surface area contributed by atoms with Crippen LogP contribution in [0.3, 0.4) is 0 Å². The molecule has 0 saturated carbocycles. The van der Waals surface area contributed by atoms with Crippen molar-refractivity contribution >= 4 is 28.9 Å². The lowest BCUT2D eigenvalue weighted by atomic mass is 10.1. The largest absolute Gasteiger partial charge is 0.369 e. The molecule has 1 N–H and O–H groups in total. The molecule has 0 bridgehead atoms. The third-order valence-electron chi connectivity index (χ3n) is 4.91. The van der Waals surface area contributed by atoms with Gasteiger partial charge in [-0.05, 0) is 36.8 Å². The molecule has 1 aliphatic rings. The zero-order valence-electron chi connectivity index (χ0n) is 15.7. The smallest absolute Gasteiger partial charge is 0.269 e. The molecule has 0 aromatic heterocycles. The van der Waals surface area contributed by atoms with Gasteiger partial charge < -0.3 is 10.2 Å². The molecule has 1 saturated heterocycles. The number of non-ortho nitro benzene ring substituents is 1. The minimum atomic E-state index is -0.397. The van der Waals surface area contributed by atoms with Crippen LogP contribution in [0.2, 0.25) is 5.02 Å². The number of piperazine rings is 1. The number of hydrogen-bond acceptors (Lipinski definition) is 5. The van der Waals surface area contributed by atoms with Gasteiger partial charge in [0.25, 0.3) is 5.69 Å². The van der Waals surface area contributed by atoms with Crippen LogP contribution < -0.4 is 10.2 Å². The summed E-state index contributed by atoms with van der Waals surface area (Å²) in [5.74, 6) is -0.00811. The molecule has 2 aromatic rings. The van der Waals surface area contributed by atoms with E-state index in [9.17, 15) is 14.9 Å². The summed E-state index contributed by atoms with van der Waals surface area (Å²) in [7, 11) is 0. The second kappa shape index (κ2) is 9.03. The van der Waals surface area contributed by atoms with Gasteiger partial charge in [0.1, 0.15) is 0 Å². The van der Waals surface area contributed by atoms with Crippen LogP contribution in [0.1, 0.15) is 18.5 Å². The van der Waals surface area contributed by atoms with Crippen LogP contribution in [-0.4, -0.2) is 48.5 Å². The number of benzene rings is 2. The number of nitrogens with zero attached hydrogens (tertiary/aromatic N) is 3. The van der Waals surface area contributed by atoms with Crippen molar-refractivity contribution < 1.29 is 9.72 Å². The molecule has 0 radical (unpaired) electrons. The van der Waals surface area contributed by atoms with E-state index in [1.807, 2.05) is 31.2 Å². The van der Waals surface area contributed by atoms with E-state index < -0.39 is 4.92 Å². The molecule has 1 heterocycles. The first-order chi connectivity index (χ1) is 13.4. The first-order valence-corrected chi connectivity index (χ1v) is 9.57. The molecule has 1 amide bonds. The molecule has 1 fully saturated rings. The molecule has 0 aliphatic carbocycles. The highest BCUT2D eigenvalue weighted by molar-refractivity contribution is 6.30. The third-order valence-corrected chi connectivity index (χ3v) is 5.16. The normalized spacial score (nSPS) is 15.9. The van der Waals surface area contributed by atoms with E-state index >= 15 is 0 Å². The van der Waals surface area contributed by atoms with Crippen LogP contribution in [0.5, 0.6) is 0 Å². The van der Waals surface area contributed by atoms with Crippen LogP contribution in [0.15, 0.2) is 48.5 Å². The van der Waals surface area contributed by atoms with E-state index in [0.29, 0.717) is 11.6 Å². The first kappa shape index (κ1) is 20.1. The predicted octanol–water partition coefficient (Wildman–Crippen LogP) is 3.25. The molecular formula is C20H23ClN4O3. The fourth-order valence-corrected chi connectivity index (χ4v) is 3.40. The van der Waals surface area contributed by atoms with Gasteiger partial charge in [-0.15, -0.1) is 0 Å². The Labute approximate surface area is 169 Å². The first-order valence-electron chi connectivity index (χ1n) is 9.19. The topological polar surface area (TPSA) is 78.7 Å². The summed E-state index contributed by atoms with van der Waals surface area (Å²) in [6, 6.07) is 14.0. The number of carbonyl (C=O) groups excluding carboxylic acids is 1. The van der Waals surface area contributed by atoms with Gasteiger partial charge in [0.05, 0.1) is 17.5 Å². The summed E-state index contributed by atoms with van der Waals surface area (Å²) in [6.45, 7) is 5.38. The van der Waals surface area contributed by atoms with Crippen LogP contribution in [0.25, 0.3) is 0 Å². The van der Waals surface area contributed by atoms with Gasteiger partial charge in [0.2, 0.25) is 5.91 Å². The highest BCUT2D eigenvalue weighted by Crippen LogP contribution is 2.21. The molecule has 3 rings (SSSR count). The lowest BCUT2D eigenvalue weighted by Crippen LogP contribution is -2.49. The number of hydrogen-bond donors (Lipinski definition) is 1. The zero-order chi connectivity index (χ0) is 20.1. The second-order valence-electron chi connectivity index (χ2n) is 6.88. The Morgan fingerprint density at radius 1 is 1.11 bits per heavy atom. The fraction of sp³-hybridized carbons (Fsp3) is 0.350. The Morgan fingerprint density at radius 2 is 1.71 bits per heavy atom. The Hall–Kier alpha value is -2.64. The van der Waals surface area contributed by atoms with Crippen molar-refractivity contribution in [3.63, 3.8) is 0 Å². The van der Waals surface area contributed by atoms with Crippen molar-refractivity contribution in [2.75, 3.05) is 37.6 Å². The minimum Gasteiger partial charge on any atom is -0.369 e. The summed E-state index contributed by atoms with van der Waals surface area (Å²) in [4.78, 5) is 27.0. The molecule has 28 heavy (non-hydrogen) atoms. The summed E-state index contributed by atoms with van der Waals surface area (Å²) in [5.41, 5.74) is 2.07. The van der Waals surface area contributed by atoms with Crippen molar-refractivity contribution in [1.29, 1.82) is 0 Å². The Balaban J connectivity index is 1.46. The van der Waals surface area contributed by atoms with Gasteiger partial charge in [0, 0.05) is 49.0 Å². The average molecular weight is 403 g/mol. The fourth-order valence-electron chi connectivity index (χ4n) is 3.27. The average Bonchev–Trinajstić information content (AvgIpc) is 2.69. The van der Waals surface area contributed by atoms with Gasteiger partial charge >= 0.3 is 0 Å². The standard InChI is InChI=1S/C20H23ClN4O3/c1-15(16-2-4-17(21)5-3-16)22-20(26)14-23-10-12-24(13-11-23)18-6-8-19(9-7-18)25(27)28/h2-9,15H,10-14H2,1H3,(H,22,26)/t15-/m0/s1. The van der Waals surface area contributed by atoms with E-state index in [1.165, 1.54) is 12.1 Å². The number of rotatable bonds is 6. The Morgan fingerprint density at radius 3 is 2.29 bits per heavy atom. The maximum absolute atomic E-state index is 12.4. The predicted molar refractivity (Wildman–Crippen MR) is 110 cm³/mol. The third kappa shape index (κ3) is 5.21. The molecule has 2 aromatic carbocycles. The van der Waals surface area contributed by atoms with Gasteiger partial charge in [-0.2, -0.15) is 0 Å². The SMILES string of the molecule is C[C@H](NC(=O)CN1CCN(c2ccc([N+](=O)[O-])cc2)CC1)c1ccc(Cl)cc1. The number of anilines is 1. The monoisotopic (exact) mass is 402 g/mol. The van der Waals surface area contributed by atoms with Gasteiger partial charge in [-0.3, -0.25) is 19.8 Å². The van der Waals surface area contributed by atoms with Crippen molar-refractivity contribution in [3.05, 3.63) is 69.2 Å². The van der Waals surface area contributed by atoms with Crippen LogP contribution in [0, 0.1) is 10.1 Å². The number of nitro groups is 1. The van der Waals surface area contributed by atoms with E-state index in [-0.39, 0.29) is 17.6 Å². The maximum atomic E-state index is 12.4. The summed E-state index contributed by atoms with van der Waals surface area (Å²) in [5, 5.41) is 14.5. The van der Waals surface area contributed by atoms with Gasteiger partial charge in [0.15, 0.2) is 0 Å². The highest BCUT2D eigenvalue weighted by Gasteiger charge is 2.20. The van der Waals surface area contributed by atoms with Crippen molar-refractivity contribution in [2.45, 2.75) is 13.0 Å². The van der Waals surface area contributed by atoms with Crippen LogP contribution >= 0.6 is 11.6 Å². The summed E-state index contributed by atoms with van der Waals surface area (Å²) in [6.07, 6.45) is 0. The van der Waals surface area contributed by atoms with E-state index in [4.69, 9.17) is 11.6 Å². The maximum Gasteiger partial charge on any atom is 0.269 e. The second-order valence-corrected chi connectivity index (χ2v) is 7.31. The lowest BCUT2D eigenvalue weighted by Gasteiger charge is -2.35. The summed E-state index contributed by atoms with van der Waals surface area (Å²) < 4.78 is 0. The number of halogens is 1. The Bertz CT molecular complexity index is 818. The molecule has 1 aliphatic heterocycles. The lowest BCUT2D eigenvalue weighted by molar-refractivity contribution is -0.384. The highest BCUT2D eigenvalue weighted by atomic mass is 35.5. The van der Waals surface area contributed by atoms with Crippen LogP contribution in [-0.2, 0) is 4.79 Å². The molecule has 148 valence electrons. The minimum absolute atomic E-state index is 0.00811. The zero-order valence-corrected chi connectivity index (χ0v) is 16.4. The van der Waals surface area contributed by atoms with E-state index in [1.54, 1.807) is 12.1 Å². The molecule has 8 heteroatoms. The number of amides is 1. The van der Waals surface area contributed by atoms with Crippen molar-refractivity contribution in [2.24, 2.45) is 0 Å². The molecule has 7 nitrogen and oxygen atoms in total. The number of nitrogens with one attached hydrogen (secondary N) is 1. The quantitative estimate of drug-likeness (QED) is 0.592. The summed E-state index contributed by atoms with van der Waals surface area (Å²) >= 11 is 5.90. The van der Waals surface area contributed by atoms with E-state index in [2.05, 4.69) is 15.1 Å². The van der Waals surface area contributed by atoms with Crippen molar-refractivity contribution in [3.8, 4) is 0 Å². The van der Waals surface area contributed by atoms with Crippen molar-refractivity contribution in [1.82, 2.24) is 10.2 Å². The van der Waals surface area contributed by atoms with Gasteiger partial charge in [-0.25, -0.2) is 0 Å². The molecule has 0 unspecified atom stereocenters. The van der Waals surface area contributed by atoms with Gasteiger partial charge in [-0.1, -0.05) is 23.7 Å². The Kier molecular flexibility index (Phi) is 6.49. The number of carbonyl (C=O) groups is 1. The van der Waals surface area contributed by atoms with E-state index in [0.717, 1.165) is 37.4 Å². The molecule has 1 atom stereocenters. The number of nitro benzene ring substituents is 1.